The molecule has 3 rings (SSSR count). The fourth-order valence-corrected chi connectivity index (χ4v) is 3.22. The van der Waals surface area contributed by atoms with Crippen LogP contribution in [0.1, 0.15) is 31.2 Å². The third-order valence-electron chi connectivity index (χ3n) is 3.74. The topological polar surface area (TPSA) is 27.1 Å². The minimum absolute atomic E-state index is 0.286. The molecule has 130 valence electrons. The van der Waals surface area contributed by atoms with Gasteiger partial charge in [-0.3, -0.25) is 0 Å². The molecule has 0 aliphatic carbocycles. The van der Waals surface area contributed by atoms with Gasteiger partial charge in [0, 0.05) is 4.47 Å². The van der Waals surface area contributed by atoms with Gasteiger partial charge in [0.15, 0.2) is 0 Å². The highest BCUT2D eigenvalue weighted by molar-refractivity contribution is 9.10. The molecule has 6 heteroatoms. The number of nitrogens with zero attached hydrogens (tertiary/aromatic N) is 2. The number of aromatic nitrogens is 2. The summed E-state index contributed by atoms with van der Waals surface area (Å²) in [7, 11) is 0. The van der Waals surface area contributed by atoms with Gasteiger partial charge in [0.25, 0.3) is 0 Å². The molecule has 2 aromatic carbocycles. The summed E-state index contributed by atoms with van der Waals surface area (Å²) in [5.41, 5.74) is 2.53. The van der Waals surface area contributed by atoms with E-state index in [1.807, 2.05) is 36.4 Å². The number of rotatable bonds is 5. The summed E-state index contributed by atoms with van der Waals surface area (Å²) in [5, 5.41) is 5.79. The van der Waals surface area contributed by atoms with E-state index in [2.05, 4.69) is 34.9 Å². The number of hydrogen-bond acceptors (Lipinski definition) is 2. The lowest BCUT2D eigenvalue weighted by atomic mass is 10.1. The molecule has 3 aromatic rings. The van der Waals surface area contributed by atoms with E-state index in [1.54, 1.807) is 16.8 Å². The molecule has 0 atom stereocenters. The summed E-state index contributed by atoms with van der Waals surface area (Å²) >= 11 is 16.2. The SMILES string of the molecule is CC(C)c1cc(COc2ccc(Br)cc2)n(-c2c(Cl)cccc2Cl)n1. The quantitative estimate of drug-likeness (QED) is 0.445. The fraction of sp³-hybridized carbons (Fsp3) is 0.211. The molecule has 0 spiro atoms. The third-order valence-corrected chi connectivity index (χ3v) is 4.88. The number of benzene rings is 2. The lowest BCUT2D eigenvalue weighted by molar-refractivity contribution is 0.297. The standard InChI is InChI=1S/C19H17BrCl2N2O/c1-12(2)18-10-14(11-25-15-8-6-13(20)7-9-15)24(23-18)19-16(21)4-3-5-17(19)22/h3-10,12H,11H2,1-2H3. The zero-order valence-electron chi connectivity index (χ0n) is 13.8. The van der Waals surface area contributed by atoms with Crippen LogP contribution >= 0.6 is 39.1 Å². The Balaban J connectivity index is 1.96. The molecular formula is C19H17BrCl2N2O. The fourth-order valence-electron chi connectivity index (χ4n) is 2.40. The zero-order chi connectivity index (χ0) is 18.0. The number of hydrogen-bond donors (Lipinski definition) is 0. The molecule has 0 fully saturated rings. The van der Waals surface area contributed by atoms with Crippen LogP contribution in [-0.2, 0) is 6.61 Å². The Bertz CT molecular complexity index is 855. The van der Waals surface area contributed by atoms with E-state index in [0.717, 1.165) is 21.6 Å². The van der Waals surface area contributed by atoms with Gasteiger partial charge < -0.3 is 4.74 Å². The molecule has 1 aromatic heterocycles. The summed E-state index contributed by atoms with van der Waals surface area (Å²) in [6.07, 6.45) is 0. The van der Waals surface area contributed by atoms with Crippen LogP contribution in [-0.4, -0.2) is 9.78 Å². The molecular weight excluding hydrogens is 423 g/mol. The van der Waals surface area contributed by atoms with E-state index in [0.29, 0.717) is 22.3 Å². The van der Waals surface area contributed by atoms with Crippen molar-refractivity contribution in [3.8, 4) is 11.4 Å². The van der Waals surface area contributed by atoms with Crippen molar-refractivity contribution in [3.63, 3.8) is 0 Å². The van der Waals surface area contributed by atoms with Crippen molar-refractivity contribution < 1.29 is 4.74 Å². The van der Waals surface area contributed by atoms with Crippen molar-refractivity contribution >= 4 is 39.1 Å². The molecule has 25 heavy (non-hydrogen) atoms. The Morgan fingerprint density at radius 2 is 1.72 bits per heavy atom. The number of halogens is 3. The molecule has 0 N–H and O–H groups in total. The zero-order valence-corrected chi connectivity index (χ0v) is 16.9. The van der Waals surface area contributed by atoms with Crippen LogP contribution in [0.5, 0.6) is 5.75 Å². The Morgan fingerprint density at radius 3 is 2.32 bits per heavy atom. The summed E-state index contributed by atoms with van der Waals surface area (Å²) in [6, 6.07) is 15.2. The van der Waals surface area contributed by atoms with Gasteiger partial charge >= 0.3 is 0 Å². The van der Waals surface area contributed by atoms with Gasteiger partial charge in [-0.15, -0.1) is 0 Å². The van der Waals surface area contributed by atoms with Gasteiger partial charge in [0.05, 0.1) is 21.4 Å². The molecule has 0 saturated carbocycles. The maximum absolute atomic E-state index is 6.37. The van der Waals surface area contributed by atoms with Crippen LogP contribution in [0.3, 0.4) is 0 Å². The molecule has 0 saturated heterocycles. The van der Waals surface area contributed by atoms with E-state index in [1.165, 1.54) is 0 Å². The normalized spacial score (nSPS) is 11.1. The average Bonchev–Trinajstić information content (AvgIpc) is 2.98. The predicted molar refractivity (Wildman–Crippen MR) is 106 cm³/mol. The van der Waals surface area contributed by atoms with Crippen LogP contribution in [0.4, 0.5) is 0 Å². The number of ether oxygens (including phenoxy) is 1. The summed E-state index contributed by atoms with van der Waals surface area (Å²) < 4.78 is 8.70. The van der Waals surface area contributed by atoms with E-state index in [4.69, 9.17) is 27.9 Å². The Morgan fingerprint density at radius 1 is 1.08 bits per heavy atom. The maximum atomic E-state index is 6.37. The van der Waals surface area contributed by atoms with Gasteiger partial charge in [0.2, 0.25) is 0 Å². The smallest absolute Gasteiger partial charge is 0.130 e. The van der Waals surface area contributed by atoms with Crippen LogP contribution in [0, 0.1) is 0 Å². The van der Waals surface area contributed by atoms with Crippen molar-refractivity contribution in [1.82, 2.24) is 9.78 Å². The van der Waals surface area contributed by atoms with Crippen LogP contribution < -0.4 is 4.74 Å². The van der Waals surface area contributed by atoms with Crippen LogP contribution in [0.15, 0.2) is 53.0 Å². The molecule has 0 radical (unpaired) electrons. The first-order valence-electron chi connectivity index (χ1n) is 7.87. The van der Waals surface area contributed by atoms with E-state index >= 15 is 0 Å². The monoisotopic (exact) mass is 438 g/mol. The predicted octanol–water partition coefficient (Wildman–Crippen LogP) is 6.64. The minimum Gasteiger partial charge on any atom is -0.487 e. The maximum Gasteiger partial charge on any atom is 0.130 e. The Labute approximate surface area is 165 Å². The summed E-state index contributed by atoms with van der Waals surface area (Å²) in [6.45, 7) is 4.56. The van der Waals surface area contributed by atoms with Gasteiger partial charge in [-0.25, -0.2) is 4.68 Å². The highest BCUT2D eigenvalue weighted by atomic mass is 79.9. The first-order valence-corrected chi connectivity index (χ1v) is 9.42. The van der Waals surface area contributed by atoms with Crippen molar-refractivity contribution in [2.45, 2.75) is 26.4 Å². The average molecular weight is 440 g/mol. The van der Waals surface area contributed by atoms with E-state index in [-0.39, 0.29) is 5.92 Å². The molecule has 1 heterocycles. The molecule has 3 nitrogen and oxygen atoms in total. The summed E-state index contributed by atoms with van der Waals surface area (Å²) in [4.78, 5) is 0. The van der Waals surface area contributed by atoms with Crippen molar-refractivity contribution in [3.05, 3.63) is 74.4 Å². The van der Waals surface area contributed by atoms with Crippen LogP contribution in [0.2, 0.25) is 10.0 Å². The second-order valence-corrected chi connectivity index (χ2v) is 7.67. The highest BCUT2D eigenvalue weighted by Gasteiger charge is 2.17. The van der Waals surface area contributed by atoms with Crippen LogP contribution in [0.25, 0.3) is 5.69 Å². The molecule has 0 bridgehead atoms. The number of para-hydroxylation sites is 1. The Hall–Kier alpha value is -1.49. The van der Waals surface area contributed by atoms with Gasteiger partial charge in [-0.1, -0.05) is 59.0 Å². The molecule has 0 unspecified atom stereocenters. The van der Waals surface area contributed by atoms with Crippen molar-refractivity contribution in [1.29, 1.82) is 0 Å². The van der Waals surface area contributed by atoms with Gasteiger partial charge in [-0.05, 0) is 48.4 Å². The first-order chi connectivity index (χ1) is 12.0. The van der Waals surface area contributed by atoms with Crippen molar-refractivity contribution in [2.75, 3.05) is 0 Å². The lowest BCUT2D eigenvalue weighted by Gasteiger charge is -2.12. The molecule has 0 aliphatic rings. The second-order valence-electron chi connectivity index (χ2n) is 5.94. The largest absolute Gasteiger partial charge is 0.487 e. The van der Waals surface area contributed by atoms with Gasteiger partial charge in [0.1, 0.15) is 18.0 Å². The summed E-state index contributed by atoms with van der Waals surface area (Å²) in [5.74, 6) is 1.07. The third kappa shape index (κ3) is 4.20. The molecule has 0 amide bonds. The second kappa shape index (κ2) is 7.81. The van der Waals surface area contributed by atoms with Crippen molar-refractivity contribution in [2.24, 2.45) is 0 Å². The van der Waals surface area contributed by atoms with Gasteiger partial charge in [-0.2, -0.15) is 5.10 Å². The van der Waals surface area contributed by atoms with E-state index < -0.39 is 0 Å². The van der Waals surface area contributed by atoms with E-state index in [9.17, 15) is 0 Å². The molecule has 0 aliphatic heterocycles. The Kier molecular flexibility index (Phi) is 5.72. The minimum atomic E-state index is 0.286. The lowest BCUT2D eigenvalue weighted by Crippen LogP contribution is -2.07. The first kappa shape index (κ1) is 18.3. The highest BCUT2D eigenvalue weighted by Crippen LogP contribution is 2.30.